The quantitative estimate of drug-likeness (QED) is 0.483. The topological polar surface area (TPSA) is 60.2 Å². The van der Waals surface area contributed by atoms with Gasteiger partial charge in [0.1, 0.15) is 5.82 Å². The standard InChI is InChI=1S/C14H10FNO3S/c1-9(17)10-5-4-6-11(15)14(10)20-13-8-3-2-7-12(13)16(18)19/h2-8H,1H3. The van der Waals surface area contributed by atoms with Gasteiger partial charge in [-0.15, -0.1) is 0 Å². The van der Waals surface area contributed by atoms with Crippen molar-refractivity contribution < 1.29 is 14.1 Å². The zero-order valence-electron chi connectivity index (χ0n) is 10.5. The number of para-hydroxylation sites is 1. The Morgan fingerprint density at radius 3 is 2.55 bits per heavy atom. The van der Waals surface area contributed by atoms with Gasteiger partial charge in [0.15, 0.2) is 5.78 Å². The summed E-state index contributed by atoms with van der Waals surface area (Å²) >= 11 is 0.887. The predicted octanol–water partition coefficient (Wildman–Crippen LogP) is 4.09. The molecule has 102 valence electrons. The molecule has 0 amide bonds. The summed E-state index contributed by atoms with van der Waals surface area (Å²) in [4.78, 5) is 22.3. The second-order valence-electron chi connectivity index (χ2n) is 4.00. The molecule has 6 heteroatoms. The first-order chi connectivity index (χ1) is 9.50. The first-order valence-electron chi connectivity index (χ1n) is 5.71. The van der Waals surface area contributed by atoms with Crippen LogP contribution in [0.25, 0.3) is 0 Å². The molecule has 0 aliphatic heterocycles. The van der Waals surface area contributed by atoms with E-state index >= 15 is 0 Å². The molecule has 0 heterocycles. The van der Waals surface area contributed by atoms with E-state index in [9.17, 15) is 19.3 Å². The maximum absolute atomic E-state index is 13.9. The van der Waals surface area contributed by atoms with Crippen LogP contribution in [0.4, 0.5) is 10.1 Å². The summed E-state index contributed by atoms with van der Waals surface area (Å²) in [6.07, 6.45) is 0. The molecule has 0 radical (unpaired) electrons. The summed E-state index contributed by atoms with van der Waals surface area (Å²) in [5.41, 5.74) is 0.100. The van der Waals surface area contributed by atoms with Gasteiger partial charge in [0.2, 0.25) is 0 Å². The van der Waals surface area contributed by atoms with Gasteiger partial charge in [-0.05, 0) is 19.1 Å². The first kappa shape index (κ1) is 14.2. The normalized spacial score (nSPS) is 10.3. The number of ketones is 1. The lowest BCUT2D eigenvalue weighted by Gasteiger charge is -2.08. The molecule has 0 fully saturated rings. The van der Waals surface area contributed by atoms with Gasteiger partial charge in [0, 0.05) is 11.6 Å². The number of benzene rings is 2. The molecule has 2 aromatic carbocycles. The van der Waals surface area contributed by atoms with E-state index in [1.807, 2.05) is 0 Å². The fraction of sp³-hybridized carbons (Fsp3) is 0.0714. The number of nitro benzene ring substituents is 1. The maximum atomic E-state index is 13.9. The largest absolute Gasteiger partial charge is 0.294 e. The van der Waals surface area contributed by atoms with Crippen LogP contribution >= 0.6 is 11.8 Å². The molecular formula is C14H10FNO3S. The van der Waals surface area contributed by atoms with Crippen LogP contribution in [0.15, 0.2) is 52.3 Å². The average Bonchev–Trinajstić information content (AvgIpc) is 2.41. The molecule has 0 saturated heterocycles. The Balaban J connectivity index is 2.51. The molecule has 0 atom stereocenters. The van der Waals surface area contributed by atoms with Crippen LogP contribution in [0.2, 0.25) is 0 Å². The van der Waals surface area contributed by atoms with Crippen molar-refractivity contribution in [2.45, 2.75) is 16.7 Å². The molecular weight excluding hydrogens is 281 g/mol. The maximum Gasteiger partial charge on any atom is 0.283 e. The Bertz CT molecular complexity index is 688. The molecule has 4 nitrogen and oxygen atoms in total. The minimum Gasteiger partial charge on any atom is -0.294 e. The number of nitrogens with zero attached hydrogens (tertiary/aromatic N) is 1. The highest BCUT2D eigenvalue weighted by Gasteiger charge is 2.19. The fourth-order valence-corrected chi connectivity index (χ4v) is 2.80. The van der Waals surface area contributed by atoms with E-state index in [1.54, 1.807) is 6.07 Å². The molecule has 0 aliphatic rings. The molecule has 20 heavy (non-hydrogen) atoms. The average molecular weight is 291 g/mol. The highest BCUT2D eigenvalue weighted by molar-refractivity contribution is 7.99. The molecule has 0 saturated carbocycles. The van der Waals surface area contributed by atoms with E-state index in [-0.39, 0.29) is 21.9 Å². The van der Waals surface area contributed by atoms with E-state index in [4.69, 9.17) is 0 Å². The lowest BCUT2D eigenvalue weighted by atomic mass is 10.1. The lowest BCUT2D eigenvalue weighted by molar-refractivity contribution is -0.387. The van der Waals surface area contributed by atoms with Crippen LogP contribution in [0, 0.1) is 15.9 Å². The second kappa shape index (κ2) is 5.83. The van der Waals surface area contributed by atoms with Gasteiger partial charge in [-0.1, -0.05) is 36.0 Å². The lowest BCUT2D eigenvalue weighted by Crippen LogP contribution is -1.98. The number of Topliss-reactive ketones (excluding diaryl/α,β-unsaturated/α-hetero) is 1. The Kier molecular flexibility index (Phi) is 4.14. The van der Waals surface area contributed by atoms with E-state index in [1.165, 1.54) is 43.3 Å². The van der Waals surface area contributed by atoms with Gasteiger partial charge >= 0.3 is 0 Å². The Hall–Kier alpha value is -2.21. The summed E-state index contributed by atoms with van der Waals surface area (Å²) in [7, 11) is 0. The first-order valence-corrected chi connectivity index (χ1v) is 6.53. The number of nitro groups is 1. The van der Waals surface area contributed by atoms with Crippen molar-refractivity contribution in [2.24, 2.45) is 0 Å². The van der Waals surface area contributed by atoms with Crippen LogP contribution in [-0.2, 0) is 0 Å². The van der Waals surface area contributed by atoms with Crippen LogP contribution in [-0.4, -0.2) is 10.7 Å². The van der Waals surface area contributed by atoms with Crippen LogP contribution < -0.4 is 0 Å². The summed E-state index contributed by atoms with van der Waals surface area (Å²) in [6.45, 7) is 1.33. The molecule has 0 aliphatic carbocycles. The smallest absolute Gasteiger partial charge is 0.283 e. The fourth-order valence-electron chi connectivity index (χ4n) is 1.69. The van der Waals surface area contributed by atoms with Gasteiger partial charge < -0.3 is 0 Å². The third kappa shape index (κ3) is 2.85. The molecule has 0 aromatic heterocycles. The third-order valence-corrected chi connectivity index (χ3v) is 3.80. The number of halogens is 1. The van der Waals surface area contributed by atoms with Crippen molar-refractivity contribution in [3.8, 4) is 0 Å². The minimum atomic E-state index is -0.569. The number of rotatable bonds is 4. The molecule has 2 rings (SSSR count). The van der Waals surface area contributed by atoms with Crippen molar-refractivity contribution in [2.75, 3.05) is 0 Å². The van der Waals surface area contributed by atoms with Crippen LogP contribution in [0.5, 0.6) is 0 Å². The summed E-state index contributed by atoms with van der Waals surface area (Å²) in [5.74, 6) is -0.855. The minimum absolute atomic E-state index is 0.106. The number of hydrogen-bond donors (Lipinski definition) is 0. The van der Waals surface area contributed by atoms with Crippen molar-refractivity contribution in [3.63, 3.8) is 0 Å². The SMILES string of the molecule is CC(=O)c1cccc(F)c1Sc1ccccc1[N+](=O)[O-]. The van der Waals surface area contributed by atoms with E-state index in [2.05, 4.69) is 0 Å². The molecule has 0 N–H and O–H groups in total. The highest BCUT2D eigenvalue weighted by atomic mass is 32.2. The molecule has 2 aromatic rings. The number of hydrogen-bond acceptors (Lipinski definition) is 4. The van der Waals surface area contributed by atoms with E-state index < -0.39 is 10.7 Å². The summed E-state index contributed by atoms with van der Waals surface area (Å²) in [5, 5.41) is 10.9. The monoisotopic (exact) mass is 291 g/mol. The molecule has 0 unspecified atom stereocenters. The van der Waals surface area contributed by atoms with Gasteiger partial charge in [-0.3, -0.25) is 14.9 Å². The van der Waals surface area contributed by atoms with E-state index in [0.29, 0.717) is 4.90 Å². The zero-order chi connectivity index (χ0) is 14.7. The van der Waals surface area contributed by atoms with Gasteiger partial charge in [0.05, 0.1) is 14.7 Å². The second-order valence-corrected chi connectivity index (χ2v) is 5.05. The van der Waals surface area contributed by atoms with Crippen molar-refractivity contribution in [1.82, 2.24) is 0 Å². The predicted molar refractivity (Wildman–Crippen MR) is 73.6 cm³/mol. The number of carbonyl (C=O) groups is 1. The molecule has 0 bridgehead atoms. The van der Waals surface area contributed by atoms with E-state index in [0.717, 1.165) is 11.8 Å². The van der Waals surface area contributed by atoms with Gasteiger partial charge in [0.25, 0.3) is 5.69 Å². The van der Waals surface area contributed by atoms with Crippen molar-refractivity contribution >= 4 is 23.2 Å². The Labute approximate surface area is 118 Å². The van der Waals surface area contributed by atoms with Crippen LogP contribution in [0.1, 0.15) is 17.3 Å². The third-order valence-electron chi connectivity index (χ3n) is 2.62. The molecule has 0 spiro atoms. The summed E-state index contributed by atoms with van der Waals surface area (Å²) in [6, 6.07) is 10.2. The van der Waals surface area contributed by atoms with Crippen LogP contribution in [0.3, 0.4) is 0 Å². The number of carbonyl (C=O) groups excluding carboxylic acids is 1. The van der Waals surface area contributed by atoms with Crippen molar-refractivity contribution in [3.05, 3.63) is 64.0 Å². The van der Waals surface area contributed by atoms with Gasteiger partial charge in [-0.2, -0.15) is 0 Å². The van der Waals surface area contributed by atoms with Gasteiger partial charge in [-0.25, -0.2) is 4.39 Å². The zero-order valence-corrected chi connectivity index (χ0v) is 11.3. The van der Waals surface area contributed by atoms with Crippen molar-refractivity contribution in [1.29, 1.82) is 0 Å². The Morgan fingerprint density at radius 2 is 1.90 bits per heavy atom. The highest BCUT2D eigenvalue weighted by Crippen LogP contribution is 2.37. The Morgan fingerprint density at radius 1 is 1.20 bits per heavy atom. The summed E-state index contributed by atoms with van der Waals surface area (Å²) < 4.78 is 13.9.